The van der Waals surface area contributed by atoms with Gasteiger partial charge in [0.1, 0.15) is 11.4 Å². The Morgan fingerprint density at radius 3 is 2.65 bits per heavy atom. The van der Waals surface area contributed by atoms with Gasteiger partial charge < -0.3 is 15.3 Å². The minimum atomic E-state index is -4.66. The van der Waals surface area contributed by atoms with Gasteiger partial charge in [-0.05, 0) is 49.6 Å². The van der Waals surface area contributed by atoms with Crippen molar-refractivity contribution in [1.29, 1.82) is 0 Å². The number of hydrogen-bond acceptors (Lipinski definition) is 5. The summed E-state index contributed by atoms with van der Waals surface area (Å²) in [6.45, 7) is 3.71. The number of halogens is 5. The number of piperidine rings is 1. The van der Waals surface area contributed by atoms with E-state index in [1.54, 1.807) is 0 Å². The summed E-state index contributed by atoms with van der Waals surface area (Å²) in [5.74, 6) is 0.0338. The molecule has 2 aliphatic rings. The van der Waals surface area contributed by atoms with Gasteiger partial charge in [-0.1, -0.05) is 13.3 Å². The number of nitrogens with zero attached hydrogens (tertiary/aromatic N) is 3. The number of alkyl halides is 5. The smallest absolute Gasteiger partial charge is 0.416 e. The first-order valence-electron chi connectivity index (χ1n) is 10.3. The SMILES string of the molecule is CCC1CN[C@H]2CCN(c3cc(C(F)F)c(-c4ccc(C(F)(F)F)cc4O)nn3)[C@@H]2C1. The number of rotatable bonds is 4. The van der Waals surface area contributed by atoms with Gasteiger partial charge in [0.15, 0.2) is 5.82 Å². The first-order chi connectivity index (χ1) is 14.7. The number of aromatic nitrogens is 2. The highest BCUT2D eigenvalue weighted by molar-refractivity contribution is 5.71. The van der Waals surface area contributed by atoms with E-state index in [0.29, 0.717) is 24.3 Å². The topological polar surface area (TPSA) is 61.3 Å². The lowest BCUT2D eigenvalue weighted by atomic mass is 9.89. The molecule has 2 aliphatic heterocycles. The first-order valence-corrected chi connectivity index (χ1v) is 10.3. The van der Waals surface area contributed by atoms with Gasteiger partial charge in [-0.2, -0.15) is 13.2 Å². The maximum Gasteiger partial charge on any atom is 0.416 e. The van der Waals surface area contributed by atoms with E-state index >= 15 is 0 Å². The van der Waals surface area contributed by atoms with Crippen molar-refractivity contribution in [2.45, 2.75) is 50.9 Å². The molecule has 168 valence electrons. The van der Waals surface area contributed by atoms with Gasteiger partial charge in [-0.15, -0.1) is 10.2 Å². The molecule has 31 heavy (non-hydrogen) atoms. The second kappa shape index (κ2) is 8.22. The van der Waals surface area contributed by atoms with E-state index in [1.807, 2.05) is 4.90 Å². The summed E-state index contributed by atoms with van der Waals surface area (Å²) < 4.78 is 66.3. The van der Waals surface area contributed by atoms with E-state index in [9.17, 15) is 27.1 Å². The highest BCUT2D eigenvalue weighted by Crippen LogP contribution is 2.40. The lowest BCUT2D eigenvalue weighted by Crippen LogP contribution is -2.50. The van der Waals surface area contributed by atoms with E-state index in [2.05, 4.69) is 22.4 Å². The minimum absolute atomic E-state index is 0.129. The van der Waals surface area contributed by atoms with Crippen molar-refractivity contribution in [3.05, 3.63) is 35.4 Å². The summed E-state index contributed by atoms with van der Waals surface area (Å²) in [5, 5.41) is 21.6. The summed E-state index contributed by atoms with van der Waals surface area (Å²) >= 11 is 0. The molecule has 4 rings (SSSR count). The van der Waals surface area contributed by atoms with Crippen LogP contribution < -0.4 is 10.2 Å². The molecule has 5 nitrogen and oxygen atoms in total. The van der Waals surface area contributed by atoms with Gasteiger partial charge in [0.25, 0.3) is 6.43 Å². The molecule has 0 bridgehead atoms. The molecule has 0 aliphatic carbocycles. The molecule has 0 spiro atoms. The number of nitrogens with one attached hydrogen (secondary N) is 1. The van der Waals surface area contributed by atoms with Crippen LogP contribution in [0, 0.1) is 5.92 Å². The third-order valence-corrected chi connectivity index (χ3v) is 6.29. The predicted octanol–water partition coefficient (Wildman–Crippen LogP) is 4.77. The van der Waals surface area contributed by atoms with Crippen LogP contribution in [0.5, 0.6) is 5.75 Å². The fourth-order valence-corrected chi connectivity index (χ4v) is 4.54. The maximum absolute atomic E-state index is 13.9. The zero-order valence-corrected chi connectivity index (χ0v) is 16.8. The van der Waals surface area contributed by atoms with E-state index in [4.69, 9.17) is 0 Å². The van der Waals surface area contributed by atoms with Crippen LogP contribution in [-0.4, -0.2) is 40.5 Å². The molecular formula is C21H23F5N4O. The Labute approximate surface area is 176 Å². The highest BCUT2D eigenvalue weighted by Gasteiger charge is 2.39. The third-order valence-electron chi connectivity index (χ3n) is 6.29. The van der Waals surface area contributed by atoms with Crippen molar-refractivity contribution in [2.75, 3.05) is 18.0 Å². The quantitative estimate of drug-likeness (QED) is 0.668. The van der Waals surface area contributed by atoms with Gasteiger partial charge in [0.05, 0.1) is 5.56 Å². The molecule has 1 aromatic carbocycles. The van der Waals surface area contributed by atoms with Gasteiger partial charge in [0, 0.05) is 29.8 Å². The van der Waals surface area contributed by atoms with Gasteiger partial charge >= 0.3 is 6.18 Å². The summed E-state index contributed by atoms with van der Waals surface area (Å²) in [4.78, 5) is 1.98. The lowest BCUT2D eigenvalue weighted by molar-refractivity contribution is -0.137. The van der Waals surface area contributed by atoms with Crippen LogP contribution in [0.3, 0.4) is 0 Å². The predicted molar refractivity (Wildman–Crippen MR) is 105 cm³/mol. The normalized spacial score (nSPS) is 24.0. The molecule has 0 radical (unpaired) electrons. The fraction of sp³-hybridized carbons (Fsp3) is 0.524. The third kappa shape index (κ3) is 4.17. The van der Waals surface area contributed by atoms with Crippen LogP contribution in [0.2, 0.25) is 0 Å². The largest absolute Gasteiger partial charge is 0.507 e. The summed E-state index contributed by atoms with van der Waals surface area (Å²) in [5.41, 5.74) is -2.09. The van der Waals surface area contributed by atoms with E-state index in [1.165, 1.54) is 6.07 Å². The monoisotopic (exact) mass is 442 g/mol. The second-order valence-corrected chi connectivity index (χ2v) is 8.11. The van der Waals surface area contributed by atoms with E-state index < -0.39 is 29.5 Å². The van der Waals surface area contributed by atoms with Crippen molar-refractivity contribution in [1.82, 2.24) is 15.5 Å². The standard InChI is InChI=1S/C21H23F5N4O/c1-2-11-7-16-15(27-10-11)5-6-30(16)18-9-14(20(22)23)19(29-28-18)13-4-3-12(8-17(13)31)21(24,25)26/h3-4,8-9,11,15-16,20,27,31H,2,5-7,10H2,1H3/t11?,15-,16+/m0/s1. The molecular weight excluding hydrogens is 419 g/mol. The Morgan fingerprint density at radius 1 is 1.23 bits per heavy atom. The summed E-state index contributed by atoms with van der Waals surface area (Å²) in [6.07, 6.45) is -4.77. The number of phenols is 1. The number of aromatic hydroxyl groups is 1. The maximum atomic E-state index is 13.9. The molecule has 2 saturated heterocycles. The van der Waals surface area contributed by atoms with Gasteiger partial charge in [-0.3, -0.25) is 0 Å². The van der Waals surface area contributed by atoms with Crippen molar-refractivity contribution >= 4 is 5.82 Å². The first kappa shape index (κ1) is 21.7. The number of phenolic OH excluding ortho intramolecular Hbond substituents is 1. The molecule has 2 fully saturated rings. The summed E-state index contributed by atoms with van der Waals surface area (Å²) in [7, 11) is 0. The molecule has 0 saturated carbocycles. The van der Waals surface area contributed by atoms with E-state index in [0.717, 1.165) is 37.9 Å². The number of hydrogen-bond donors (Lipinski definition) is 2. The molecule has 3 atom stereocenters. The van der Waals surface area contributed by atoms with Crippen molar-refractivity contribution in [2.24, 2.45) is 5.92 Å². The van der Waals surface area contributed by atoms with Crippen LogP contribution in [0.25, 0.3) is 11.3 Å². The lowest BCUT2D eigenvalue weighted by Gasteiger charge is -2.37. The molecule has 2 N–H and O–H groups in total. The summed E-state index contributed by atoms with van der Waals surface area (Å²) in [6, 6.07) is 3.80. The minimum Gasteiger partial charge on any atom is -0.507 e. The van der Waals surface area contributed by atoms with Gasteiger partial charge in [-0.25, -0.2) is 8.78 Å². The molecule has 0 amide bonds. The number of benzene rings is 1. The van der Waals surface area contributed by atoms with Gasteiger partial charge in [0.2, 0.25) is 0 Å². The van der Waals surface area contributed by atoms with Crippen LogP contribution in [0.1, 0.15) is 43.7 Å². The average molecular weight is 442 g/mol. The van der Waals surface area contributed by atoms with Crippen LogP contribution in [0.15, 0.2) is 24.3 Å². The Morgan fingerprint density at radius 2 is 2.00 bits per heavy atom. The zero-order valence-electron chi connectivity index (χ0n) is 16.8. The average Bonchev–Trinajstić information content (AvgIpc) is 3.15. The second-order valence-electron chi connectivity index (χ2n) is 8.11. The Hall–Kier alpha value is -2.49. The van der Waals surface area contributed by atoms with Crippen LogP contribution in [0.4, 0.5) is 27.8 Å². The van der Waals surface area contributed by atoms with Crippen LogP contribution in [-0.2, 0) is 6.18 Å². The van der Waals surface area contributed by atoms with Crippen molar-refractivity contribution in [3.8, 4) is 17.0 Å². The molecule has 1 unspecified atom stereocenters. The van der Waals surface area contributed by atoms with Crippen LogP contribution >= 0.6 is 0 Å². The van der Waals surface area contributed by atoms with Crippen molar-refractivity contribution in [3.63, 3.8) is 0 Å². The Balaban J connectivity index is 1.68. The number of fused-ring (bicyclic) bond motifs is 1. The Bertz CT molecular complexity index is 952. The highest BCUT2D eigenvalue weighted by atomic mass is 19.4. The number of anilines is 1. The van der Waals surface area contributed by atoms with Crippen molar-refractivity contribution < 1.29 is 27.1 Å². The Kier molecular flexibility index (Phi) is 5.76. The zero-order chi connectivity index (χ0) is 22.3. The molecule has 2 aromatic rings. The molecule has 1 aromatic heterocycles. The molecule has 3 heterocycles. The van der Waals surface area contributed by atoms with E-state index in [-0.39, 0.29) is 23.3 Å². The fourth-order valence-electron chi connectivity index (χ4n) is 4.54. The molecule has 10 heteroatoms.